The van der Waals surface area contributed by atoms with E-state index in [1.54, 1.807) is 7.11 Å². The van der Waals surface area contributed by atoms with Crippen molar-refractivity contribution in [2.24, 2.45) is 0 Å². The van der Waals surface area contributed by atoms with Gasteiger partial charge in [0.1, 0.15) is 5.75 Å². The molecule has 140 valence electrons. The molecule has 1 N–H and O–H groups in total. The summed E-state index contributed by atoms with van der Waals surface area (Å²) in [7, 11) is 1.72. The maximum atomic E-state index is 5.48. The minimum Gasteiger partial charge on any atom is -0.496 e. The lowest BCUT2D eigenvalue weighted by molar-refractivity contribution is 0.416. The summed E-state index contributed by atoms with van der Waals surface area (Å²) in [4.78, 5) is 0. The zero-order chi connectivity index (χ0) is 19.3. The van der Waals surface area contributed by atoms with Crippen LogP contribution in [0.5, 0.6) is 5.75 Å². The third kappa shape index (κ3) is 4.58. The highest BCUT2D eigenvalue weighted by Gasteiger charge is 2.21. The van der Waals surface area contributed by atoms with Crippen molar-refractivity contribution in [2.75, 3.05) is 13.7 Å². The number of benzene rings is 3. The van der Waals surface area contributed by atoms with E-state index in [0.717, 1.165) is 17.9 Å². The summed E-state index contributed by atoms with van der Waals surface area (Å²) in [6, 6.07) is 27.9. The second-order valence-electron chi connectivity index (χ2n) is 7.67. The second-order valence-corrected chi connectivity index (χ2v) is 7.67. The molecule has 0 heterocycles. The van der Waals surface area contributed by atoms with E-state index in [1.165, 1.54) is 16.7 Å². The van der Waals surface area contributed by atoms with Crippen LogP contribution >= 0.6 is 0 Å². The molecule has 2 heteroatoms. The fourth-order valence-corrected chi connectivity index (χ4v) is 3.35. The van der Waals surface area contributed by atoms with Gasteiger partial charge in [-0.05, 0) is 29.7 Å². The number of methoxy groups -OCH3 is 1. The molecule has 3 rings (SSSR count). The molecule has 2 nitrogen and oxygen atoms in total. The van der Waals surface area contributed by atoms with Gasteiger partial charge in [-0.2, -0.15) is 0 Å². The van der Waals surface area contributed by atoms with E-state index < -0.39 is 0 Å². The van der Waals surface area contributed by atoms with Gasteiger partial charge in [0, 0.05) is 23.6 Å². The maximum absolute atomic E-state index is 5.48. The van der Waals surface area contributed by atoms with E-state index in [4.69, 9.17) is 4.74 Å². The van der Waals surface area contributed by atoms with Gasteiger partial charge in [-0.1, -0.05) is 86.6 Å². The Bertz CT molecular complexity index is 853. The van der Waals surface area contributed by atoms with Crippen molar-refractivity contribution in [3.63, 3.8) is 0 Å². The minimum atomic E-state index is 0.0901. The predicted octanol–water partition coefficient (Wildman–Crippen LogP) is 5.99. The van der Waals surface area contributed by atoms with Crippen LogP contribution in [0.15, 0.2) is 78.9 Å². The van der Waals surface area contributed by atoms with Gasteiger partial charge in [-0.15, -0.1) is 0 Å². The number of para-hydroxylation sites is 1. The molecular formula is C25H29NO. The molecule has 0 fully saturated rings. The highest BCUT2D eigenvalue weighted by atomic mass is 16.5. The van der Waals surface area contributed by atoms with Crippen LogP contribution in [0.2, 0.25) is 0 Å². The van der Waals surface area contributed by atoms with Crippen LogP contribution in [0.1, 0.15) is 37.9 Å². The summed E-state index contributed by atoms with van der Waals surface area (Å²) < 4.78 is 5.48. The fourth-order valence-electron chi connectivity index (χ4n) is 3.35. The van der Waals surface area contributed by atoms with Gasteiger partial charge in [0.15, 0.2) is 0 Å². The van der Waals surface area contributed by atoms with Gasteiger partial charge in [-0.3, -0.25) is 0 Å². The summed E-state index contributed by atoms with van der Waals surface area (Å²) >= 11 is 0. The molecule has 0 aliphatic heterocycles. The molecule has 0 saturated heterocycles. The Morgan fingerprint density at radius 1 is 0.852 bits per heavy atom. The van der Waals surface area contributed by atoms with Crippen LogP contribution in [-0.4, -0.2) is 13.7 Å². The van der Waals surface area contributed by atoms with Gasteiger partial charge >= 0.3 is 0 Å². The molecular weight excluding hydrogens is 330 g/mol. The van der Waals surface area contributed by atoms with Crippen LogP contribution in [-0.2, 0) is 5.41 Å². The monoisotopic (exact) mass is 359 g/mol. The summed E-state index contributed by atoms with van der Waals surface area (Å²) in [5, 5.41) is 3.69. The van der Waals surface area contributed by atoms with E-state index in [0.29, 0.717) is 6.04 Å². The van der Waals surface area contributed by atoms with Crippen molar-refractivity contribution in [1.29, 1.82) is 0 Å². The first kappa shape index (κ1) is 19.2. The van der Waals surface area contributed by atoms with Gasteiger partial charge in [0.25, 0.3) is 0 Å². The molecule has 0 bridgehead atoms. The smallest absolute Gasteiger partial charge is 0.126 e. The molecule has 0 aromatic heterocycles. The predicted molar refractivity (Wildman–Crippen MR) is 114 cm³/mol. The highest BCUT2D eigenvalue weighted by Crippen LogP contribution is 2.30. The van der Waals surface area contributed by atoms with Crippen molar-refractivity contribution in [3.8, 4) is 16.9 Å². The first-order chi connectivity index (χ1) is 13.0. The normalized spacial score (nSPS) is 12.6. The highest BCUT2D eigenvalue weighted by molar-refractivity contribution is 5.70. The van der Waals surface area contributed by atoms with Crippen LogP contribution in [0.25, 0.3) is 11.1 Å². The lowest BCUT2D eigenvalue weighted by Gasteiger charge is -2.28. The number of hydrogen-bond acceptors (Lipinski definition) is 2. The van der Waals surface area contributed by atoms with Crippen molar-refractivity contribution < 1.29 is 4.74 Å². The molecule has 1 unspecified atom stereocenters. The zero-order valence-electron chi connectivity index (χ0n) is 16.7. The van der Waals surface area contributed by atoms with E-state index >= 15 is 0 Å². The average molecular weight is 360 g/mol. The molecule has 0 amide bonds. The van der Waals surface area contributed by atoms with E-state index in [1.807, 2.05) is 18.2 Å². The van der Waals surface area contributed by atoms with Crippen molar-refractivity contribution in [3.05, 3.63) is 90.0 Å². The fraction of sp³-hybridized carbons (Fsp3) is 0.280. The Balaban J connectivity index is 1.68. The Kier molecular flexibility index (Phi) is 5.98. The molecule has 0 spiro atoms. The molecule has 0 saturated carbocycles. The van der Waals surface area contributed by atoms with Gasteiger partial charge < -0.3 is 10.1 Å². The zero-order valence-corrected chi connectivity index (χ0v) is 16.7. The summed E-state index contributed by atoms with van der Waals surface area (Å²) in [5.74, 6) is 0.904. The number of ether oxygens (including phenoxy) is 1. The third-order valence-corrected chi connectivity index (χ3v) is 5.23. The molecule has 3 aromatic carbocycles. The van der Waals surface area contributed by atoms with Crippen LogP contribution < -0.4 is 10.1 Å². The average Bonchev–Trinajstić information content (AvgIpc) is 2.73. The molecule has 27 heavy (non-hydrogen) atoms. The Labute approximate surface area is 163 Å². The Morgan fingerprint density at radius 3 is 2.15 bits per heavy atom. The maximum Gasteiger partial charge on any atom is 0.126 e. The lowest BCUT2D eigenvalue weighted by Crippen LogP contribution is -2.34. The second kappa shape index (κ2) is 8.41. The van der Waals surface area contributed by atoms with E-state index in [-0.39, 0.29) is 5.41 Å². The lowest BCUT2D eigenvalue weighted by atomic mass is 9.84. The SMILES string of the molecule is COc1ccccc1-c1ccc(C(C)NCC(C)(C)c2ccccc2)cc1. The van der Waals surface area contributed by atoms with Crippen molar-refractivity contribution >= 4 is 0 Å². The summed E-state index contributed by atoms with van der Waals surface area (Å²) in [6.45, 7) is 7.71. The first-order valence-corrected chi connectivity index (χ1v) is 9.53. The standard InChI is InChI=1S/C25H29NO/c1-19(26-18-25(2,3)22-10-6-5-7-11-22)20-14-16-21(17-15-20)23-12-8-9-13-24(23)27-4/h5-17,19,26H,18H2,1-4H3. The number of nitrogens with one attached hydrogen (secondary N) is 1. The third-order valence-electron chi connectivity index (χ3n) is 5.23. The summed E-state index contributed by atoms with van der Waals surface area (Å²) in [6.07, 6.45) is 0. The molecule has 3 aromatic rings. The van der Waals surface area contributed by atoms with Gasteiger partial charge in [0.2, 0.25) is 0 Å². The van der Waals surface area contributed by atoms with Gasteiger partial charge in [0.05, 0.1) is 7.11 Å². The number of rotatable bonds is 7. The number of hydrogen-bond donors (Lipinski definition) is 1. The molecule has 0 radical (unpaired) electrons. The molecule has 0 aliphatic carbocycles. The Hall–Kier alpha value is -2.58. The topological polar surface area (TPSA) is 21.3 Å². The van der Waals surface area contributed by atoms with Crippen molar-refractivity contribution in [1.82, 2.24) is 5.32 Å². The largest absolute Gasteiger partial charge is 0.496 e. The Morgan fingerprint density at radius 2 is 1.48 bits per heavy atom. The van der Waals surface area contributed by atoms with Crippen LogP contribution in [0.4, 0.5) is 0 Å². The van der Waals surface area contributed by atoms with Gasteiger partial charge in [-0.25, -0.2) is 0 Å². The van der Waals surface area contributed by atoms with Crippen LogP contribution in [0.3, 0.4) is 0 Å². The minimum absolute atomic E-state index is 0.0901. The van der Waals surface area contributed by atoms with E-state index in [9.17, 15) is 0 Å². The van der Waals surface area contributed by atoms with Crippen molar-refractivity contribution in [2.45, 2.75) is 32.2 Å². The quantitative estimate of drug-likeness (QED) is 0.559. The van der Waals surface area contributed by atoms with E-state index in [2.05, 4.69) is 86.8 Å². The molecule has 1 atom stereocenters. The first-order valence-electron chi connectivity index (χ1n) is 9.53. The van der Waals surface area contributed by atoms with Crippen LogP contribution in [0, 0.1) is 0 Å². The molecule has 0 aliphatic rings. The summed E-state index contributed by atoms with van der Waals surface area (Å²) in [5.41, 5.74) is 5.03.